The molecule has 1 aromatic rings. The molecule has 0 saturated heterocycles. The maximum Gasteiger partial charge on any atom is 0.323 e. The van der Waals surface area contributed by atoms with Crippen LogP contribution in [-0.2, 0) is 20.9 Å². The molecule has 1 amide bonds. The van der Waals surface area contributed by atoms with Crippen LogP contribution in [-0.4, -0.2) is 47.6 Å². The first-order valence-corrected chi connectivity index (χ1v) is 9.45. The lowest BCUT2D eigenvalue weighted by Gasteiger charge is -2.30. The third-order valence-electron chi connectivity index (χ3n) is 3.75. The van der Waals surface area contributed by atoms with Crippen LogP contribution in [0, 0.1) is 0 Å². The lowest BCUT2D eigenvalue weighted by Crippen LogP contribution is -2.45. The van der Waals surface area contributed by atoms with Gasteiger partial charge in [-0.05, 0) is 59.2 Å². The van der Waals surface area contributed by atoms with Crippen molar-refractivity contribution < 1.29 is 19.1 Å². The highest BCUT2D eigenvalue weighted by Crippen LogP contribution is 2.17. The third-order valence-corrected chi connectivity index (χ3v) is 3.75. The Balaban J connectivity index is 2.83. The van der Waals surface area contributed by atoms with Crippen molar-refractivity contribution in [3.05, 3.63) is 29.8 Å². The highest BCUT2D eigenvalue weighted by atomic mass is 16.6. The molecular formula is C21H34N2O4. The first kappa shape index (κ1) is 23.0. The Morgan fingerprint density at radius 3 is 2.19 bits per heavy atom. The van der Waals surface area contributed by atoms with E-state index < -0.39 is 11.6 Å². The van der Waals surface area contributed by atoms with Gasteiger partial charge in [0.2, 0.25) is 5.91 Å². The van der Waals surface area contributed by atoms with Gasteiger partial charge in [-0.2, -0.15) is 0 Å². The Morgan fingerprint density at radius 1 is 1.11 bits per heavy atom. The number of hydrogen-bond acceptors (Lipinski definition) is 5. The number of hydrogen-bond donors (Lipinski definition) is 1. The standard InChI is InChI=1S/C21H34N2O4/c1-15(2)26-19-10-8-18(9-11-19)14-23(13-12-22-17(4)24)16(3)20(25)27-21(5,6)7/h8-11,15-16H,12-14H2,1-7H3,(H,22,24). The first-order chi connectivity index (χ1) is 12.5. The molecule has 0 spiro atoms. The van der Waals surface area contributed by atoms with Crippen LogP contribution in [0.5, 0.6) is 5.75 Å². The van der Waals surface area contributed by atoms with Crippen molar-refractivity contribution in [2.75, 3.05) is 13.1 Å². The maximum atomic E-state index is 12.5. The van der Waals surface area contributed by atoms with Gasteiger partial charge in [0.1, 0.15) is 17.4 Å². The molecule has 6 nitrogen and oxygen atoms in total. The lowest BCUT2D eigenvalue weighted by molar-refractivity contribution is -0.161. The summed E-state index contributed by atoms with van der Waals surface area (Å²) in [6.07, 6.45) is 0.122. The summed E-state index contributed by atoms with van der Waals surface area (Å²) in [4.78, 5) is 25.7. The van der Waals surface area contributed by atoms with Gasteiger partial charge in [-0.3, -0.25) is 14.5 Å². The molecule has 27 heavy (non-hydrogen) atoms. The number of esters is 1. The van der Waals surface area contributed by atoms with E-state index in [1.807, 2.05) is 70.7 Å². The number of rotatable bonds is 9. The smallest absolute Gasteiger partial charge is 0.323 e. The summed E-state index contributed by atoms with van der Waals surface area (Å²) in [5.41, 5.74) is 0.522. The second-order valence-electron chi connectivity index (χ2n) is 7.97. The Labute approximate surface area is 163 Å². The Kier molecular flexibility index (Phi) is 8.76. The van der Waals surface area contributed by atoms with E-state index in [9.17, 15) is 9.59 Å². The normalized spacial score (nSPS) is 12.8. The van der Waals surface area contributed by atoms with Crippen LogP contribution in [0.3, 0.4) is 0 Å². The minimum Gasteiger partial charge on any atom is -0.491 e. The van der Waals surface area contributed by atoms with Gasteiger partial charge >= 0.3 is 5.97 Å². The molecule has 0 aromatic heterocycles. The van der Waals surface area contributed by atoms with Crippen molar-refractivity contribution in [1.82, 2.24) is 10.2 Å². The minimum atomic E-state index is -0.537. The molecule has 0 aliphatic heterocycles. The Bertz CT molecular complexity index is 606. The monoisotopic (exact) mass is 378 g/mol. The summed E-state index contributed by atoms with van der Waals surface area (Å²) < 4.78 is 11.2. The van der Waals surface area contributed by atoms with Crippen LogP contribution >= 0.6 is 0 Å². The second kappa shape index (κ2) is 10.3. The number of carbonyl (C=O) groups excluding carboxylic acids is 2. The third kappa shape index (κ3) is 9.43. The summed E-state index contributed by atoms with van der Waals surface area (Å²) in [7, 11) is 0. The van der Waals surface area contributed by atoms with Crippen molar-refractivity contribution in [2.24, 2.45) is 0 Å². The number of amides is 1. The van der Waals surface area contributed by atoms with E-state index >= 15 is 0 Å². The molecule has 1 aromatic carbocycles. The fraction of sp³-hybridized carbons (Fsp3) is 0.619. The predicted octanol–water partition coefficient (Wildman–Crippen LogP) is 3.14. The van der Waals surface area contributed by atoms with Gasteiger partial charge in [0.05, 0.1) is 6.10 Å². The van der Waals surface area contributed by atoms with Crippen LogP contribution in [0.1, 0.15) is 54.0 Å². The molecule has 1 atom stereocenters. The zero-order valence-electron chi connectivity index (χ0n) is 17.7. The van der Waals surface area contributed by atoms with Crippen LogP contribution in [0.2, 0.25) is 0 Å². The van der Waals surface area contributed by atoms with Crippen LogP contribution in [0.15, 0.2) is 24.3 Å². The first-order valence-electron chi connectivity index (χ1n) is 9.45. The summed E-state index contributed by atoms with van der Waals surface area (Å²) in [5, 5.41) is 2.78. The number of ether oxygens (including phenoxy) is 2. The van der Waals surface area contributed by atoms with Crippen molar-refractivity contribution in [2.45, 2.75) is 72.8 Å². The van der Waals surface area contributed by atoms with Gasteiger partial charge < -0.3 is 14.8 Å². The molecule has 0 saturated carbocycles. The van der Waals surface area contributed by atoms with Crippen LogP contribution < -0.4 is 10.1 Å². The molecule has 0 radical (unpaired) electrons. The molecule has 0 heterocycles. The average molecular weight is 379 g/mol. The predicted molar refractivity (Wildman–Crippen MR) is 107 cm³/mol. The minimum absolute atomic E-state index is 0.0879. The zero-order valence-corrected chi connectivity index (χ0v) is 17.7. The van der Waals surface area contributed by atoms with Crippen molar-refractivity contribution in [3.63, 3.8) is 0 Å². The SMILES string of the molecule is CC(=O)NCCN(Cc1ccc(OC(C)C)cc1)C(C)C(=O)OC(C)(C)C. The van der Waals surface area contributed by atoms with Crippen molar-refractivity contribution in [3.8, 4) is 5.75 Å². The van der Waals surface area contributed by atoms with Crippen LogP contribution in [0.25, 0.3) is 0 Å². The van der Waals surface area contributed by atoms with Crippen LogP contribution in [0.4, 0.5) is 0 Å². The molecule has 1 rings (SSSR count). The van der Waals surface area contributed by atoms with Gasteiger partial charge in [-0.15, -0.1) is 0 Å². The molecule has 0 aliphatic rings. The molecule has 152 valence electrons. The number of nitrogens with one attached hydrogen (secondary N) is 1. The lowest BCUT2D eigenvalue weighted by atomic mass is 10.1. The van der Waals surface area contributed by atoms with E-state index in [0.717, 1.165) is 11.3 Å². The van der Waals surface area contributed by atoms with Crippen molar-refractivity contribution >= 4 is 11.9 Å². The maximum absolute atomic E-state index is 12.5. The van der Waals surface area contributed by atoms with Gasteiger partial charge in [-0.25, -0.2) is 0 Å². The van der Waals surface area contributed by atoms with E-state index in [4.69, 9.17) is 9.47 Å². The van der Waals surface area contributed by atoms with Gasteiger partial charge in [-0.1, -0.05) is 12.1 Å². The van der Waals surface area contributed by atoms with E-state index in [2.05, 4.69) is 5.32 Å². The Hall–Kier alpha value is -2.08. The van der Waals surface area contributed by atoms with E-state index in [1.54, 1.807) is 0 Å². The molecule has 6 heteroatoms. The average Bonchev–Trinajstić information content (AvgIpc) is 2.52. The molecule has 0 bridgehead atoms. The zero-order chi connectivity index (χ0) is 20.6. The van der Waals surface area contributed by atoms with Gasteiger partial charge in [0, 0.05) is 26.6 Å². The second-order valence-corrected chi connectivity index (χ2v) is 7.97. The fourth-order valence-corrected chi connectivity index (χ4v) is 2.50. The highest BCUT2D eigenvalue weighted by molar-refractivity contribution is 5.75. The quantitative estimate of drug-likeness (QED) is 0.669. The Morgan fingerprint density at radius 2 is 1.70 bits per heavy atom. The summed E-state index contributed by atoms with van der Waals surface area (Å²) in [5.74, 6) is 0.457. The summed E-state index contributed by atoms with van der Waals surface area (Å²) in [6.45, 7) is 14.4. The van der Waals surface area contributed by atoms with E-state index in [-0.39, 0.29) is 18.0 Å². The molecular weight excluding hydrogens is 344 g/mol. The van der Waals surface area contributed by atoms with E-state index in [1.165, 1.54) is 6.92 Å². The molecule has 0 fully saturated rings. The topological polar surface area (TPSA) is 67.9 Å². The number of nitrogens with zero attached hydrogens (tertiary/aromatic N) is 1. The number of benzene rings is 1. The summed E-state index contributed by atoms with van der Waals surface area (Å²) in [6, 6.07) is 7.42. The van der Waals surface area contributed by atoms with E-state index in [0.29, 0.717) is 19.6 Å². The fourth-order valence-electron chi connectivity index (χ4n) is 2.50. The summed E-state index contributed by atoms with van der Waals surface area (Å²) >= 11 is 0. The highest BCUT2D eigenvalue weighted by Gasteiger charge is 2.26. The van der Waals surface area contributed by atoms with Crippen molar-refractivity contribution in [1.29, 1.82) is 0 Å². The largest absolute Gasteiger partial charge is 0.491 e. The molecule has 0 aliphatic carbocycles. The molecule has 1 N–H and O–H groups in total. The van der Waals surface area contributed by atoms with Gasteiger partial charge in [0.15, 0.2) is 0 Å². The number of carbonyl (C=O) groups is 2. The van der Waals surface area contributed by atoms with Gasteiger partial charge in [0.25, 0.3) is 0 Å². The molecule has 1 unspecified atom stereocenters.